The Morgan fingerprint density at radius 1 is 1.32 bits per heavy atom. The maximum absolute atomic E-state index is 5.87. The number of aliphatic imine (C=N–C) groups is 1. The van der Waals surface area contributed by atoms with Gasteiger partial charge in [-0.1, -0.05) is 30.7 Å². The van der Waals surface area contributed by atoms with Gasteiger partial charge in [0, 0.05) is 25.7 Å². The fourth-order valence-corrected chi connectivity index (χ4v) is 2.69. The van der Waals surface area contributed by atoms with Crippen LogP contribution in [0, 0.1) is 6.92 Å². The molecule has 25 heavy (non-hydrogen) atoms. The van der Waals surface area contributed by atoms with Crippen LogP contribution in [0.2, 0.25) is 0 Å². The number of benzene rings is 1. The van der Waals surface area contributed by atoms with Gasteiger partial charge in [-0.15, -0.1) is 0 Å². The average molecular weight is 345 g/mol. The standard InChI is InChI=1S/C20H31N3O2/c1-4-11-25-19-14-16(2)5-6-18(19)15-23-20(21-3)22-10-7-17-8-12-24-13-9-17/h5-6,8,14H,4,7,9-13,15H2,1-3H3,(H2,21,22,23). The van der Waals surface area contributed by atoms with Crippen LogP contribution in [0.5, 0.6) is 5.75 Å². The highest BCUT2D eigenvalue weighted by molar-refractivity contribution is 5.79. The Bertz CT molecular complexity index is 597. The number of hydrogen-bond donors (Lipinski definition) is 2. The van der Waals surface area contributed by atoms with Crippen molar-refractivity contribution in [3.05, 3.63) is 41.0 Å². The molecule has 0 saturated carbocycles. The van der Waals surface area contributed by atoms with Gasteiger partial charge in [0.15, 0.2) is 5.96 Å². The van der Waals surface area contributed by atoms with Crippen molar-refractivity contribution in [2.45, 2.75) is 39.7 Å². The molecule has 138 valence electrons. The maximum atomic E-state index is 5.87. The zero-order valence-corrected chi connectivity index (χ0v) is 15.7. The molecule has 2 rings (SSSR count). The lowest BCUT2D eigenvalue weighted by molar-refractivity contribution is 0.153. The van der Waals surface area contributed by atoms with Gasteiger partial charge >= 0.3 is 0 Å². The summed E-state index contributed by atoms with van der Waals surface area (Å²) < 4.78 is 11.2. The van der Waals surface area contributed by atoms with E-state index >= 15 is 0 Å². The Hall–Kier alpha value is -2.01. The second-order valence-electron chi connectivity index (χ2n) is 6.25. The molecule has 0 unspecified atom stereocenters. The van der Waals surface area contributed by atoms with E-state index in [0.717, 1.165) is 62.9 Å². The third kappa shape index (κ3) is 6.78. The molecule has 5 heteroatoms. The summed E-state index contributed by atoms with van der Waals surface area (Å²) >= 11 is 0. The molecule has 0 aliphatic carbocycles. The van der Waals surface area contributed by atoms with Crippen LogP contribution in [-0.2, 0) is 11.3 Å². The number of ether oxygens (including phenoxy) is 2. The van der Waals surface area contributed by atoms with E-state index in [-0.39, 0.29) is 0 Å². The molecule has 1 aromatic rings. The van der Waals surface area contributed by atoms with Crippen LogP contribution in [0.1, 0.15) is 37.3 Å². The van der Waals surface area contributed by atoms with Crippen molar-refractivity contribution in [1.82, 2.24) is 10.6 Å². The Morgan fingerprint density at radius 2 is 2.20 bits per heavy atom. The first-order chi connectivity index (χ1) is 12.2. The highest BCUT2D eigenvalue weighted by atomic mass is 16.5. The third-order valence-electron chi connectivity index (χ3n) is 4.15. The first-order valence-corrected chi connectivity index (χ1v) is 9.15. The molecule has 1 aliphatic heterocycles. The molecule has 0 atom stereocenters. The van der Waals surface area contributed by atoms with Gasteiger partial charge in [0.1, 0.15) is 5.75 Å². The second-order valence-corrected chi connectivity index (χ2v) is 6.25. The molecule has 1 aromatic carbocycles. The molecular formula is C20H31N3O2. The van der Waals surface area contributed by atoms with Crippen molar-refractivity contribution < 1.29 is 9.47 Å². The number of nitrogens with zero attached hydrogens (tertiary/aromatic N) is 1. The molecule has 0 bridgehead atoms. The summed E-state index contributed by atoms with van der Waals surface area (Å²) in [5.74, 6) is 1.77. The molecule has 0 fully saturated rings. The quantitative estimate of drug-likeness (QED) is 0.432. The van der Waals surface area contributed by atoms with E-state index in [1.807, 2.05) is 0 Å². The summed E-state index contributed by atoms with van der Waals surface area (Å²) in [4.78, 5) is 4.30. The molecule has 2 N–H and O–H groups in total. The van der Waals surface area contributed by atoms with Crippen LogP contribution in [-0.4, -0.2) is 39.4 Å². The van der Waals surface area contributed by atoms with Gasteiger partial charge in [0.05, 0.1) is 19.8 Å². The number of guanidine groups is 1. The summed E-state index contributed by atoms with van der Waals surface area (Å²) in [5, 5.41) is 6.75. The smallest absolute Gasteiger partial charge is 0.191 e. The normalized spacial score (nSPS) is 14.8. The van der Waals surface area contributed by atoms with E-state index < -0.39 is 0 Å². The van der Waals surface area contributed by atoms with E-state index in [2.05, 4.69) is 53.7 Å². The zero-order valence-electron chi connectivity index (χ0n) is 15.7. The molecule has 5 nitrogen and oxygen atoms in total. The Kier molecular flexibility index (Phi) is 8.32. The van der Waals surface area contributed by atoms with Gasteiger partial charge in [0.2, 0.25) is 0 Å². The minimum Gasteiger partial charge on any atom is -0.493 e. The first-order valence-electron chi connectivity index (χ1n) is 9.15. The van der Waals surface area contributed by atoms with Gasteiger partial charge in [-0.3, -0.25) is 4.99 Å². The number of aryl methyl sites for hydroxylation is 1. The van der Waals surface area contributed by atoms with Crippen molar-refractivity contribution in [1.29, 1.82) is 0 Å². The second kappa shape index (κ2) is 10.8. The Morgan fingerprint density at radius 3 is 2.92 bits per heavy atom. The van der Waals surface area contributed by atoms with Crippen molar-refractivity contribution in [2.24, 2.45) is 4.99 Å². The largest absolute Gasteiger partial charge is 0.493 e. The average Bonchev–Trinajstić information content (AvgIpc) is 2.64. The SMILES string of the molecule is CCCOc1cc(C)ccc1CNC(=NC)NCCC1=CCOCC1. The van der Waals surface area contributed by atoms with Crippen LogP contribution in [0.15, 0.2) is 34.8 Å². The van der Waals surface area contributed by atoms with E-state index in [0.29, 0.717) is 6.54 Å². The minimum absolute atomic E-state index is 0.690. The molecule has 0 radical (unpaired) electrons. The van der Waals surface area contributed by atoms with E-state index in [1.165, 1.54) is 11.1 Å². The van der Waals surface area contributed by atoms with Crippen molar-refractivity contribution in [3.8, 4) is 5.75 Å². The van der Waals surface area contributed by atoms with Crippen LogP contribution in [0.25, 0.3) is 0 Å². The summed E-state index contributed by atoms with van der Waals surface area (Å²) in [6.07, 6.45) is 5.25. The molecule has 1 heterocycles. The fraction of sp³-hybridized carbons (Fsp3) is 0.550. The zero-order chi connectivity index (χ0) is 17.9. The van der Waals surface area contributed by atoms with Gasteiger partial charge in [-0.05, 0) is 37.8 Å². The minimum atomic E-state index is 0.690. The lowest BCUT2D eigenvalue weighted by Gasteiger charge is -2.17. The predicted molar refractivity (Wildman–Crippen MR) is 103 cm³/mol. The lowest BCUT2D eigenvalue weighted by atomic mass is 10.1. The maximum Gasteiger partial charge on any atom is 0.191 e. The topological polar surface area (TPSA) is 54.9 Å². The third-order valence-corrected chi connectivity index (χ3v) is 4.15. The highest BCUT2D eigenvalue weighted by Crippen LogP contribution is 2.20. The Labute approximate surface area is 151 Å². The summed E-state index contributed by atoms with van der Waals surface area (Å²) in [6, 6.07) is 6.33. The molecule has 1 aliphatic rings. The summed E-state index contributed by atoms with van der Waals surface area (Å²) in [6.45, 7) is 8.09. The number of nitrogens with one attached hydrogen (secondary N) is 2. The first kappa shape index (κ1) is 19.3. The van der Waals surface area contributed by atoms with Gasteiger partial charge in [0.25, 0.3) is 0 Å². The lowest BCUT2D eigenvalue weighted by Crippen LogP contribution is -2.37. The van der Waals surface area contributed by atoms with Gasteiger partial charge in [-0.25, -0.2) is 0 Å². The fourth-order valence-electron chi connectivity index (χ4n) is 2.69. The molecular weight excluding hydrogens is 314 g/mol. The predicted octanol–water partition coefficient (Wildman–Crippen LogP) is 3.19. The monoisotopic (exact) mass is 345 g/mol. The van der Waals surface area contributed by atoms with Crippen molar-refractivity contribution in [3.63, 3.8) is 0 Å². The molecule has 0 saturated heterocycles. The number of hydrogen-bond acceptors (Lipinski definition) is 3. The van der Waals surface area contributed by atoms with Gasteiger partial charge < -0.3 is 20.1 Å². The van der Waals surface area contributed by atoms with Crippen LogP contribution >= 0.6 is 0 Å². The van der Waals surface area contributed by atoms with Crippen LogP contribution in [0.4, 0.5) is 0 Å². The van der Waals surface area contributed by atoms with E-state index in [4.69, 9.17) is 9.47 Å². The summed E-state index contributed by atoms with van der Waals surface area (Å²) in [7, 11) is 1.80. The summed E-state index contributed by atoms with van der Waals surface area (Å²) in [5.41, 5.74) is 3.82. The molecule has 0 spiro atoms. The van der Waals surface area contributed by atoms with Crippen LogP contribution < -0.4 is 15.4 Å². The van der Waals surface area contributed by atoms with E-state index in [9.17, 15) is 0 Å². The van der Waals surface area contributed by atoms with Crippen molar-refractivity contribution in [2.75, 3.05) is 33.4 Å². The number of rotatable bonds is 8. The van der Waals surface area contributed by atoms with Crippen LogP contribution in [0.3, 0.4) is 0 Å². The van der Waals surface area contributed by atoms with E-state index in [1.54, 1.807) is 7.05 Å². The Balaban J connectivity index is 1.82. The molecule has 0 amide bonds. The van der Waals surface area contributed by atoms with Gasteiger partial charge in [-0.2, -0.15) is 0 Å². The van der Waals surface area contributed by atoms with Crippen molar-refractivity contribution >= 4 is 5.96 Å². The highest BCUT2D eigenvalue weighted by Gasteiger charge is 2.07. The molecule has 0 aromatic heterocycles.